The van der Waals surface area contributed by atoms with Crippen LogP contribution in [0.15, 0.2) is 42.5 Å². The molecule has 0 unspecified atom stereocenters. The summed E-state index contributed by atoms with van der Waals surface area (Å²) in [5.41, 5.74) is 4.11. The van der Waals surface area contributed by atoms with Crippen molar-refractivity contribution in [2.45, 2.75) is 32.3 Å². The number of benzene rings is 2. The highest BCUT2D eigenvalue weighted by molar-refractivity contribution is 5.94. The van der Waals surface area contributed by atoms with Crippen molar-refractivity contribution in [2.24, 2.45) is 0 Å². The zero-order valence-electron chi connectivity index (χ0n) is 17.6. The number of fused-ring (bicyclic) bond motifs is 1. The molecule has 30 heavy (non-hydrogen) atoms. The van der Waals surface area contributed by atoms with Gasteiger partial charge in [0, 0.05) is 57.1 Å². The molecule has 0 aromatic heterocycles. The molecular weight excluding hydrogens is 381 g/mol. The van der Waals surface area contributed by atoms with E-state index in [4.69, 9.17) is 0 Å². The van der Waals surface area contributed by atoms with Crippen LogP contribution in [-0.4, -0.2) is 55.2 Å². The van der Waals surface area contributed by atoms with Gasteiger partial charge in [-0.1, -0.05) is 19.1 Å². The minimum absolute atomic E-state index is 0.156. The molecule has 4 rings (SSSR count). The van der Waals surface area contributed by atoms with Crippen LogP contribution in [0.25, 0.3) is 0 Å². The van der Waals surface area contributed by atoms with Gasteiger partial charge in [0.15, 0.2) is 0 Å². The normalized spacial score (nSPS) is 18.2. The Morgan fingerprint density at radius 1 is 1.07 bits per heavy atom. The molecular formula is C24H30FN3O2. The van der Waals surface area contributed by atoms with Gasteiger partial charge in [-0.3, -0.25) is 9.69 Å². The smallest absolute Gasteiger partial charge is 0.226 e. The van der Waals surface area contributed by atoms with Crippen LogP contribution in [-0.2, 0) is 11.2 Å². The number of anilines is 2. The number of hydrogen-bond donors (Lipinski definition) is 1. The fourth-order valence-corrected chi connectivity index (χ4v) is 4.46. The number of aryl methyl sites for hydroxylation is 1. The van der Waals surface area contributed by atoms with Crippen LogP contribution < -0.4 is 9.80 Å². The Balaban J connectivity index is 1.36. The summed E-state index contributed by atoms with van der Waals surface area (Å²) in [4.78, 5) is 18.6. The second-order valence-corrected chi connectivity index (χ2v) is 8.17. The van der Waals surface area contributed by atoms with E-state index < -0.39 is 6.10 Å². The highest BCUT2D eigenvalue weighted by Crippen LogP contribution is 2.30. The van der Waals surface area contributed by atoms with Gasteiger partial charge in [0.2, 0.25) is 5.91 Å². The van der Waals surface area contributed by atoms with Crippen molar-refractivity contribution < 1.29 is 14.3 Å². The van der Waals surface area contributed by atoms with E-state index in [1.165, 1.54) is 12.1 Å². The van der Waals surface area contributed by atoms with Gasteiger partial charge >= 0.3 is 0 Å². The number of aliphatic hydroxyl groups excluding tert-OH is 1. The number of β-amino-alcohol motifs (C(OH)–C–C–N with tert-alkyl or cyclic N) is 1. The van der Waals surface area contributed by atoms with Gasteiger partial charge in [-0.05, 0) is 54.3 Å². The molecule has 2 aromatic carbocycles. The van der Waals surface area contributed by atoms with Crippen LogP contribution in [0, 0.1) is 5.82 Å². The molecule has 5 nitrogen and oxygen atoms in total. The maximum absolute atomic E-state index is 13.1. The molecule has 2 heterocycles. The predicted octanol–water partition coefficient (Wildman–Crippen LogP) is 3.37. The largest absolute Gasteiger partial charge is 0.387 e. The zero-order valence-corrected chi connectivity index (χ0v) is 17.6. The van der Waals surface area contributed by atoms with Crippen LogP contribution in [0.3, 0.4) is 0 Å². The van der Waals surface area contributed by atoms with Gasteiger partial charge in [0.25, 0.3) is 0 Å². The SMILES string of the molecule is CCC(=O)N1CCCc2cc([C@H](O)CN3CCN(c4ccc(F)cc4)CC3)ccc21. The number of nitrogens with zero attached hydrogens (tertiary/aromatic N) is 3. The molecule has 0 spiro atoms. The lowest BCUT2D eigenvalue weighted by Gasteiger charge is -2.37. The molecule has 0 aliphatic carbocycles. The minimum atomic E-state index is -0.551. The molecule has 1 saturated heterocycles. The quantitative estimate of drug-likeness (QED) is 0.820. The van der Waals surface area contributed by atoms with Crippen molar-refractivity contribution in [1.29, 1.82) is 0 Å². The van der Waals surface area contributed by atoms with Crippen LogP contribution >= 0.6 is 0 Å². The number of aliphatic hydroxyl groups is 1. The van der Waals surface area contributed by atoms with E-state index in [0.717, 1.165) is 68.1 Å². The second-order valence-electron chi connectivity index (χ2n) is 8.17. The van der Waals surface area contributed by atoms with E-state index in [9.17, 15) is 14.3 Å². The number of hydrogen-bond acceptors (Lipinski definition) is 4. The molecule has 1 N–H and O–H groups in total. The molecule has 0 saturated carbocycles. The molecule has 0 radical (unpaired) electrons. The second kappa shape index (κ2) is 9.14. The first-order valence-electron chi connectivity index (χ1n) is 10.9. The number of piperazine rings is 1. The molecule has 160 valence electrons. The summed E-state index contributed by atoms with van der Waals surface area (Å²) < 4.78 is 13.1. The summed E-state index contributed by atoms with van der Waals surface area (Å²) in [6.45, 7) is 6.70. The average molecular weight is 412 g/mol. The predicted molar refractivity (Wildman–Crippen MR) is 117 cm³/mol. The Bertz CT molecular complexity index is 879. The number of carbonyl (C=O) groups excluding carboxylic acids is 1. The Kier molecular flexibility index (Phi) is 6.35. The molecule has 2 aliphatic heterocycles. The van der Waals surface area contributed by atoms with Crippen LogP contribution in [0.1, 0.15) is 37.0 Å². The van der Waals surface area contributed by atoms with Crippen molar-refractivity contribution in [2.75, 3.05) is 49.1 Å². The number of amides is 1. The third-order valence-electron chi connectivity index (χ3n) is 6.21. The maximum atomic E-state index is 13.1. The molecule has 2 aromatic rings. The third-order valence-corrected chi connectivity index (χ3v) is 6.21. The molecule has 1 atom stereocenters. The summed E-state index contributed by atoms with van der Waals surface area (Å²) in [7, 11) is 0. The summed E-state index contributed by atoms with van der Waals surface area (Å²) in [5.74, 6) is -0.0592. The first-order valence-corrected chi connectivity index (χ1v) is 10.9. The molecule has 1 amide bonds. The van der Waals surface area contributed by atoms with Crippen molar-refractivity contribution in [3.8, 4) is 0 Å². The van der Waals surface area contributed by atoms with Crippen molar-refractivity contribution >= 4 is 17.3 Å². The van der Waals surface area contributed by atoms with Gasteiger partial charge in [0.1, 0.15) is 5.82 Å². The van der Waals surface area contributed by atoms with Crippen LogP contribution in [0.4, 0.5) is 15.8 Å². The van der Waals surface area contributed by atoms with Crippen molar-refractivity contribution in [1.82, 2.24) is 4.90 Å². The van der Waals surface area contributed by atoms with Gasteiger partial charge < -0.3 is 14.9 Å². The lowest BCUT2D eigenvalue weighted by molar-refractivity contribution is -0.118. The Labute approximate surface area is 177 Å². The first-order chi connectivity index (χ1) is 14.5. The van der Waals surface area contributed by atoms with Crippen molar-refractivity contribution in [3.05, 3.63) is 59.4 Å². The fraction of sp³-hybridized carbons (Fsp3) is 0.458. The van der Waals surface area contributed by atoms with Crippen LogP contribution in [0.5, 0.6) is 0 Å². The lowest BCUT2D eigenvalue weighted by atomic mass is 9.96. The number of halogens is 1. The fourth-order valence-electron chi connectivity index (χ4n) is 4.46. The highest BCUT2D eigenvalue weighted by Gasteiger charge is 2.24. The van der Waals surface area contributed by atoms with Crippen LogP contribution in [0.2, 0.25) is 0 Å². The summed E-state index contributed by atoms with van der Waals surface area (Å²) >= 11 is 0. The van der Waals surface area contributed by atoms with E-state index >= 15 is 0 Å². The standard InChI is InChI=1S/C24H30FN3O2/c1-2-24(30)28-11-3-4-18-16-19(5-10-22(18)28)23(29)17-26-12-14-27(15-13-26)21-8-6-20(25)7-9-21/h5-10,16,23,29H,2-4,11-15,17H2,1H3/t23-/m1/s1. The van der Waals surface area contributed by atoms with Gasteiger partial charge in [-0.25, -0.2) is 4.39 Å². The van der Waals surface area contributed by atoms with Gasteiger partial charge in [-0.2, -0.15) is 0 Å². The topological polar surface area (TPSA) is 47.0 Å². The molecule has 6 heteroatoms. The highest BCUT2D eigenvalue weighted by atomic mass is 19.1. The average Bonchev–Trinajstić information content (AvgIpc) is 2.79. The Hall–Kier alpha value is -2.44. The van der Waals surface area contributed by atoms with E-state index in [1.54, 1.807) is 0 Å². The van der Waals surface area contributed by atoms with Gasteiger partial charge in [0.05, 0.1) is 6.10 Å². The molecule has 0 bridgehead atoms. The molecule has 2 aliphatic rings. The zero-order chi connectivity index (χ0) is 21.1. The first kappa shape index (κ1) is 20.8. The minimum Gasteiger partial charge on any atom is -0.387 e. The van der Waals surface area contributed by atoms with E-state index in [2.05, 4.69) is 15.9 Å². The lowest BCUT2D eigenvalue weighted by Crippen LogP contribution is -2.47. The number of carbonyl (C=O) groups is 1. The van der Waals surface area contributed by atoms with E-state index in [-0.39, 0.29) is 11.7 Å². The van der Waals surface area contributed by atoms with E-state index in [1.807, 2.05) is 36.1 Å². The monoisotopic (exact) mass is 411 g/mol. The maximum Gasteiger partial charge on any atom is 0.226 e. The van der Waals surface area contributed by atoms with Gasteiger partial charge in [-0.15, -0.1) is 0 Å². The van der Waals surface area contributed by atoms with E-state index in [0.29, 0.717) is 13.0 Å². The number of rotatable bonds is 5. The Morgan fingerprint density at radius 2 is 1.80 bits per heavy atom. The third kappa shape index (κ3) is 4.50. The summed E-state index contributed by atoms with van der Waals surface area (Å²) in [6, 6.07) is 12.7. The molecule has 1 fully saturated rings. The Morgan fingerprint density at radius 3 is 2.50 bits per heavy atom. The van der Waals surface area contributed by atoms with Crippen molar-refractivity contribution in [3.63, 3.8) is 0 Å². The summed E-state index contributed by atoms with van der Waals surface area (Å²) in [5, 5.41) is 10.8. The summed E-state index contributed by atoms with van der Waals surface area (Å²) in [6.07, 6.45) is 1.86.